The number of pyridine rings is 1. The fourth-order valence-electron chi connectivity index (χ4n) is 4.30. The molecule has 2 amide bonds. The van der Waals surface area contributed by atoms with Gasteiger partial charge in [-0.15, -0.1) is 0 Å². The van der Waals surface area contributed by atoms with Crippen molar-refractivity contribution in [1.29, 1.82) is 0 Å². The molecule has 1 unspecified atom stereocenters. The number of amides is 2. The molecule has 0 aliphatic carbocycles. The Bertz CT molecular complexity index is 1390. The monoisotopic (exact) mass is 567 g/mol. The lowest BCUT2D eigenvalue weighted by Gasteiger charge is -2.40. The number of hydrogen-bond donors (Lipinski definition) is 1. The molecule has 1 saturated heterocycles. The highest BCUT2D eigenvalue weighted by molar-refractivity contribution is 7.84. The van der Waals surface area contributed by atoms with Gasteiger partial charge < -0.3 is 19.7 Å². The van der Waals surface area contributed by atoms with E-state index in [2.05, 4.69) is 30.2 Å². The number of rotatable bonds is 7. The maximum atomic E-state index is 13.9. The SMILES string of the molecule is CCOc1cncc(-c2ccc(NC(=O)C3(c4ccnc(S(C)=O)n4)CCN(C(=O)OC(C)(C)C)CC3)nc2)n1. The molecule has 0 saturated carbocycles. The first kappa shape index (κ1) is 29.0. The van der Waals surface area contributed by atoms with Crippen LogP contribution in [0.1, 0.15) is 46.2 Å². The van der Waals surface area contributed by atoms with Crippen LogP contribution in [0, 0.1) is 0 Å². The van der Waals surface area contributed by atoms with Gasteiger partial charge in [0.1, 0.15) is 11.4 Å². The van der Waals surface area contributed by atoms with Crippen LogP contribution in [0.15, 0.2) is 48.1 Å². The Morgan fingerprint density at radius 1 is 1.07 bits per heavy atom. The van der Waals surface area contributed by atoms with E-state index in [-0.39, 0.29) is 37.0 Å². The van der Waals surface area contributed by atoms with E-state index < -0.39 is 27.9 Å². The molecule has 212 valence electrons. The van der Waals surface area contributed by atoms with Gasteiger partial charge in [-0.25, -0.2) is 24.7 Å². The van der Waals surface area contributed by atoms with Crippen molar-refractivity contribution in [2.45, 2.75) is 56.7 Å². The normalized spacial score (nSPS) is 15.7. The highest BCUT2D eigenvalue weighted by Gasteiger charge is 2.46. The van der Waals surface area contributed by atoms with E-state index >= 15 is 0 Å². The number of hydrogen-bond acceptors (Lipinski definition) is 10. The van der Waals surface area contributed by atoms with Gasteiger partial charge in [-0.1, -0.05) is 0 Å². The third-order valence-electron chi connectivity index (χ3n) is 6.29. The minimum atomic E-state index is -1.43. The van der Waals surface area contributed by atoms with Crippen LogP contribution in [0.3, 0.4) is 0 Å². The van der Waals surface area contributed by atoms with Gasteiger partial charge >= 0.3 is 6.09 Å². The second-order valence-electron chi connectivity index (χ2n) is 10.3. The standard InChI is InChI=1S/C27H33N7O5S/c1-6-38-22-17-28-16-19(31-22)18-7-8-21(30-15-18)33-23(35)27(20-9-12-29-24(32-20)40(5)37)10-13-34(14-11-27)25(36)39-26(2,3)4/h7-9,12,15-17H,6,10-11,13-14H2,1-5H3,(H,30,33,35). The number of carbonyl (C=O) groups is 2. The van der Waals surface area contributed by atoms with Crippen molar-refractivity contribution in [3.8, 4) is 17.1 Å². The average molecular weight is 568 g/mol. The highest BCUT2D eigenvalue weighted by atomic mass is 32.2. The van der Waals surface area contributed by atoms with Crippen molar-refractivity contribution in [2.75, 3.05) is 31.3 Å². The maximum absolute atomic E-state index is 13.9. The zero-order valence-corrected chi connectivity index (χ0v) is 24.0. The largest absolute Gasteiger partial charge is 0.477 e. The Morgan fingerprint density at radius 3 is 2.45 bits per heavy atom. The van der Waals surface area contributed by atoms with Crippen molar-refractivity contribution in [3.63, 3.8) is 0 Å². The lowest BCUT2D eigenvalue weighted by Crippen LogP contribution is -2.52. The summed E-state index contributed by atoms with van der Waals surface area (Å²) in [5, 5.41) is 3.05. The molecule has 1 atom stereocenters. The molecular weight excluding hydrogens is 534 g/mol. The van der Waals surface area contributed by atoms with E-state index in [1.54, 1.807) is 56.3 Å². The van der Waals surface area contributed by atoms with Crippen LogP contribution in [-0.4, -0.2) is 77.6 Å². The van der Waals surface area contributed by atoms with Gasteiger partial charge in [0.25, 0.3) is 0 Å². The number of ether oxygens (including phenoxy) is 2. The third-order valence-corrected chi connectivity index (χ3v) is 7.00. The topological polar surface area (TPSA) is 149 Å². The zero-order valence-electron chi connectivity index (χ0n) is 23.2. The molecule has 12 nitrogen and oxygen atoms in total. The molecule has 1 N–H and O–H groups in total. The van der Waals surface area contributed by atoms with Gasteiger partial charge in [-0.3, -0.25) is 14.0 Å². The molecule has 1 aliphatic heterocycles. The summed E-state index contributed by atoms with van der Waals surface area (Å²) in [5.41, 5.74) is -0.00754. The lowest BCUT2D eigenvalue weighted by atomic mass is 9.74. The number of nitrogens with one attached hydrogen (secondary N) is 1. The summed E-state index contributed by atoms with van der Waals surface area (Å²) < 4.78 is 23.1. The first-order valence-electron chi connectivity index (χ1n) is 12.9. The summed E-state index contributed by atoms with van der Waals surface area (Å²) in [5.74, 6) is 0.417. The predicted octanol–water partition coefficient (Wildman–Crippen LogP) is 3.37. The molecule has 4 rings (SSSR count). The van der Waals surface area contributed by atoms with E-state index in [0.717, 1.165) is 0 Å². The second-order valence-corrected chi connectivity index (χ2v) is 11.6. The molecule has 4 heterocycles. The predicted molar refractivity (Wildman–Crippen MR) is 148 cm³/mol. The van der Waals surface area contributed by atoms with Crippen LogP contribution in [0.25, 0.3) is 11.3 Å². The zero-order chi connectivity index (χ0) is 28.9. The van der Waals surface area contributed by atoms with Crippen molar-refractivity contribution in [1.82, 2.24) is 29.8 Å². The van der Waals surface area contributed by atoms with Crippen LogP contribution >= 0.6 is 0 Å². The molecule has 13 heteroatoms. The van der Waals surface area contributed by atoms with Crippen molar-refractivity contribution >= 4 is 28.6 Å². The van der Waals surface area contributed by atoms with Crippen LogP contribution in [0.4, 0.5) is 10.6 Å². The summed E-state index contributed by atoms with van der Waals surface area (Å²) in [6.45, 7) is 8.31. The van der Waals surface area contributed by atoms with E-state index in [1.807, 2.05) is 6.92 Å². The van der Waals surface area contributed by atoms with Crippen LogP contribution < -0.4 is 10.1 Å². The number of anilines is 1. The fraction of sp³-hybridized carbons (Fsp3) is 0.444. The van der Waals surface area contributed by atoms with Crippen molar-refractivity contribution in [3.05, 3.63) is 48.7 Å². The number of nitrogens with zero attached hydrogens (tertiary/aromatic N) is 6. The maximum Gasteiger partial charge on any atom is 0.410 e. The molecule has 1 fully saturated rings. The molecule has 1 aliphatic rings. The number of likely N-dealkylation sites (tertiary alicyclic amines) is 1. The lowest BCUT2D eigenvalue weighted by molar-refractivity contribution is -0.123. The molecular formula is C27H33N7O5S. The van der Waals surface area contributed by atoms with Gasteiger partial charge in [0.15, 0.2) is 0 Å². The van der Waals surface area contributed by atoms with E-state index in [9.17, 15) is 13.8 Å². The molecule has 0 radical (unpaired) electrons. The molecule has 40 heavy (non-hydrogen) atoms. The molecule has 0 bridgehead atoms. The molecule has 0 spiro atoms. The summed E-state index contributed by atoms with van der Waals surface area (Å²) in [7, 11) is -1.43. The number of piperidine rings is 1. The smallest absolute Gasteiger partial charge is 0.410 e. The molecule has 3 aromatic rings. The summed E-state index contributed by atoms with van der Waals surface area (Å²) in [6.07, 6.45) is 7.84. The van der Waals surface area contributed by atoms with Gasteiger partial charge in [0, 0.05) is 37.3 Å². The van der Waals surface area contributed by atoms with Crippen LogP contribution in [0.5, 0.6) is 5.88 Å². The Labute approximate surface area is 235 Å². The minimum absolute atomic E-state index is 0.136. The summed E-state index contributed by atoms with van der Waals surface area (Å²) in [6, 6.07) is 5.11. The van der Waals surface area contributed by atoms with E-state index in [0.29, 0.717) is 35.3 Å². The number of aromatic nitrogens is 5. The Balaban J connectivity index is 1.57. The Kier molecular flexibility index (Phi) is 8.72. The van der Waals surface area contributed by atoms with Crippen LogP contribution in [0.2, 0.25) is 0 Å². The van der Waals surface area contributed by atoms with Crippen molar-refractivity contribution < 1.29 is 23.3 Å². The van der Waals surface area contributed by atoms with E-state index in [1.165, 1.54) is 18.6 Å². The summed E-state index contributed by atoms with van der Waals surface area (Å²) >= 11 is 0. The minimum Gasteiger partial charge on any atom is -0.477 e. The van der Waals surface area contributed by atoms with Gasteiger partial charge in [0.05, 0.1) is 46.6 Å². The average Bonchev–Trinajstić information content (AvgIpc) is 2.93. The van der Waals surface area contributed by atoms with E-state index in [4.69, 9.17) is 9.47 Å². The second kappa shape index (κ2) is 12.0. The Hall–Kier alpha value is -4.00. The van der Waals surface area contributed by atoms with Gasteiger partial charge in [-0.2, -0.15) is 0 Å². The van der Waals surface area contributed by atoms with Gasteiger partial charge in [-0.05, 0) is 58.7 Å². The quantitative estimate of drug-likeness (QED) is 0.421. The molecule has 3 aromatic heterocycles. The number of carbonyl (C=O) groups excluding carboxylic acids is 2. The fourth-order valence-corrected chi connectivity index (χ4v) is 4.74. The van der Waals surface area contributed by atoms with Gasteiger partial charge in [0.2, 0.25) is 16.9 Å². The summed E-state index contributed by atoms with van der Waals surface area (Å²) in [4.78, 5) is 49.7. The molecule has 0 aromatic carbocycles. The van der Waals surface area contributed by atoms with Crippen LogP contribution in [-0.2, 0) is 25.7 Å². The third kappa shape index (κ3) is 6.76. The first-order chi connectivity index (χ1) is 19.0. The first-order valence-corrected chi connectivity index (χ1v) is 14.4. The highest BCUT2D eigenvalue weighted by Crippen LogP contribution is 2.36. The Morgan fingerprint density at radius 2 is 1.82 bits per heavy atom. The van der Waals surface area contributed by atoms with Crippen molar-refractivity contribution in [2.24, 2.45) is 0 Å².